The molecule has 2 unspecified atom stereocenters. The Balaban J connectivity index is 1.55. The second-order valence-electron chi connectivity index (χ2n) is 6.04. The maximum Gasteiger partial charge on any atom is 0.231 e. The van der Waals surface area contributed by atoms with E-state index in [0.717, 1.165) is 36.3 Å². The maximum atomic E-state index is 12.6. The van der Waals surface area contributed by atoms with Gasteiger partial charge in [0, 0.05) is 12.2 Å². The van der Waals surface area contributed by atoms with E-state index in [2.05, 4.69) is 15.5 Å². The van der Waals surface area contributed by atoms with Crippen molar-refractivity contribution in [1.29, 1.82) is 0 Å². The van der Waals surface area contributed by atoms with Crippen molar-refractivity contribution in [3.8, 4) is 22.6 Å². The van der Waals surface area contributed by atoms with Crippen molar-refractivity contribution < 1.29 is 19.0 Å². The molecule has 2 aliphatic rings. The lowest BCUT2D eigenvalue weighted by Crippen LogP contribution is -2.36. The third kappa shape index (κ3) is 2.71. The number of fused-ring (bicyclic) bond motifs is 1. The van der Waals surface area contributed by atoms with Crippen LogP contribution in [0.4, 0.5) is 5.82 Å². The van der Waals surface area contributed by atoms with Gasteiger partial charge < -0.3 is 19.5 Å². The molecule has 1 amide bonds. The number of carbonyl (C=O) groups excluding carboxylic acids is 1. The lowest BCUT2D eigenvalue weighted by molar-refractivity contribution is -0.127. The lowest BCUT2D eigenvalue weighted by atomic mass is 9.94. The van der Waals surface area contributed by atoms with Gasteiger partial charge in [-0.15, -0.1) is 0 Å². The van der Waals surface area contributed by atoms with E-state index in [1.54, 1.807) is 6.20 Å². The van der Waals surface area contributed by atoms with E-state index in [-0.39, 0.29) is 24.7 Å². The van der Waals surface area contributed by atoms with Crippen LogP contribution < -0.4 is 14.8 Å². The van der Waals surface area contributed by atoms with E-state index in [1.807, 2.05) is 25.1 Å². The fraction of sp³-hybridized carbons (Fsp3) is 0.412. The van der Waals surface area contributed by atoms with Crippen LogP contribution >= 0.6 is 0 Å². The molecule has 7 nitrogen and oxygen atoms in total. The molecule has 2 atom stereocenters. The predicted molar refractivity (Wildman–Crippen MR) is 86.9 cm³/mol. The first-order chi connectivity index (χ1) is 11.7. The molecule has 7 heteroatoms. The molecule has 1 aromatic carbocycles. The number of hydrogen-bond donors (Lipinski definition) is 2. The van der Waals surface area contributed by atoms with Gasteiger partial charge in [-0.25, -0.2) is 0 Å². The summed E-state index contributed by atoms with van der Waals surface area (Å²) < 4.78 is 16.3. The highest BCUT2D eigenvalue weighted by atomic mass is 16.7. The largest absolute Gasteiger partial charge is 0.454 e. The highest BCUT2D eigenvalue weighted by Crippen LogP contribution is 2.37. The number of rotatable bonds is 3. The number of H-pyrrole nitrogens is 1. The maximum absolute atomic E-state index is 12.6. The highest BCUT2D eigenvalue weighted by Gasteiger charge is 2.29. The summed E-state index contributed by atoms with van der Waals surface area (Å²) in [4.78, 5) is 12.6. The SMILES string of the molecule is CC1OCCCC1C(=O)Nc1[nH]ncc1-c1ccc2c(c1)OCO2. The quantitative estimate of drug-likeness (QED) is 0.904. The molecule has 4 rings (SSSR count). The summed E-state index contributed by atoms with van der Waals surface area (Å²) in [6, 6.07) is 5.66. The number of benzene rings is 1. The monoisotopic (exact) mass is 329 g/mol. The van der Waals surface area contributed by atoms with Gasteiger partial charge in [0.1, 0.15) is 5.82 Å². The van der Waals surface area contributed by atoms with E-state index in [9.17, 15) is 4.79 Å². The Bertz CT molecular complexity index is 758. The summed E-state index contributed by atoms with van der Waals surface area (Å²) in [7, 11) is 0. The Morgan fingerprint density at radius 1 is 1.33 bits per heavy atom. The number of amides is 1. The zero-order chi connectivity index (χ0) is 16.5. The van der Waals surface area contributed by atoms with Gasteiger partial charge in [0.15, 0.2) is 11.5 Å². The number of aromatic amines is 1. The zero-order valence-electron chi connectivity index (χ0n) is 13.4. The van der Waals surface area contributed by atoms with Gasteiger partial charge in [-0.1, -0.05) is 6.07 Å². The molecular weight excluding hydrogens is 310 g/mol. The Labute approximate surface area is 139 Å². The lowest BCUT2D eigenvalue weighted by Gasteiger charge is -2.27. The molecule has 0 radical (unpaired) electrons. The van der Waals surface area contributed by atoms with Gasteiger partial charge in [0.05, 0.1) is 18.2 Å². The number of ether oxygens (including phenoxy) is 3. The van der Waals surface area contributed by atoms with Crippen LogP contribution in [0, 0.1) is 5.92 Å². The summed E-state index contributed by atoms with van der Waals surface area (Å²) in [5.41, 5.74) is 1.71. The van der Waals surface area contributed by atoms with Crippen LogP contribution in [0.15, 0.2) is 24.4 Å². The summed E-state index contributed by atoms with van der Waals surface area (Å²) in [6.45, 7) is 2.89. The van der Waals surface area contributed by atoms with Crippen LogP contribution in [0.2, 0.25) is 0 Å². The van der Waals surface area contributed by atoms with Gasteiger partial charge >= 0.3 is 0 Å². The minimum Gasteiger partial charge on any atom is -0.454 e. The molecule has 0 saturated carbocycles. The Morgan fingerprint density at radius 2 is 2.21 bits per heavy atom. The molecule has 0 aliphatic carbocycles. The molecule has 3 heterocycles. The van der Waals surface area contributed by atoms with Crippen molar-refractivity contribution in [2.45, 2.75) is 25.9 Å². The molecule has 0 spiro atoms. The average Bonchev–Trinajstić information content (AvgIpc) is 3.23. The minimum absolute atomic E-state index is 0.0477. The number of nitrogens with one attached hydrogen (secondary N) is 2. The zero-order valence-corrected chi connectivity index (χ0v) is 13.4. The van der Waals surface area contributed by atoms with Crippen molar-refractivity contribution >= 4 is 11.7 Å². The first-order valence-corrected chi connectivity index (χ1v) is 8.08. The second-order valence-corrected chi connectivity index (χ2v) is 6.04. The molecule has 1 saturated heterocycles. The molecular formula is C17H19N3O4. The first-order valence-electron chi connectivity index (χ1n) is 8.08. The Hall–Kier alpha value is -2.54. The molecule has 126 valence electrons. The molecule has 2 aromatic rings. The van der Waals surface area contributed by atoms with Gasteiger partial charge in [0.2, 0.25) is 12.7 Å². The number of aromatic nitrogens is 2. The third-order valence-electron chi connectivity index (χ3n) is 4.51. The van der Waals surface area contributed by atoms with E-state index in [0.29, 0.717) is 11.6 Å². The number of carbonyl (C=O) groups is 1. The van der Waals surface area contributed by atoms with Crippen molar-refractivity contribution in [2.75, 3.05) is 18.7 Å². The van der Waals surface area contributed by atoms with Crippen LogP contribution in [-0.2, 0) is 9.53 Å². The van der Waals surface area contributed by atoms with Crippen molar-refractivity contribution in [2.24, 2.45) is 5.92 Å². The fourth-order valence-electron chi connectivity index (χ4n) is 3.15. The second kappa shape index (κ2) is 6.16. The summed E-state index contributed by atoms with van der Waals surface area (Å²) in [5, 5.41) is 9.88. The number of nitrogens with zero attached hydrogens (tertiary/aromatic N) is 1. The van der Waals surface area contributed by atoms with Crippen molar-refractivity contribution in [1.82, 2.24) is 10.2 Å². The van der Waals surface area contributed by atoms with Crippen molar-refractivity contribution in [3.63, 3.8) is 0 Å². The van der Waals surface area contributed by atoms with Crippen LogP contribution in [0.1, 0.15) is 19.8 Å². The van der Waals surface area contributed by atoms with Crippen molar-refractivity contribution in [3.05, 3.63) is 24.4 Å². The molecule has 2 aliphatic heterocycles. The smallest absolute Gasteiger partial charge is 0.231 e. The predicted octanol–water partition coefficient (Wildman–Crippen LogP) is 2.56. The van der Waals surface area contributed by atoms with Gasteiger partial charge in [-0.05, 0) is 37.5 Å². The number of anilines is 1. The van der Waals surface area contributed by atoms with Gasteiger partial charge in [0.25, 0.3) is 0 Å². The van der Waals surface area contributed by atoms with E-state index in [1.165, 1.54) is 0 Å². The Kier molecular flexibility index (Phi) is 3.86. The van der Waals surface area contributed by atoms with Gasteiger partial charge in [-0.2, -0.15) is 5.10 Å². The highest BCUT2D eigenvalue weighted by molar-refractivity contribution is 5.95. The average molecular weight is 329 g/mol. The summed E-state index contributed by atoms with van der Waals surface area (Å²) >= 11 is 0. The molecule has 2 N–H and O–H groups in total. The fourth-order valence-corrected chi connectivity index (χ4v) is 3.15. The van der Waals surface area contributed by atoms with E-state index >= 15 is 0 Å². The molecule has 1 aromatic heterocycles. The number of hydrogen-bond acceptors (Lipinski definition) is 5. The standard InChI is InChI=1S/C17H19N3O4/c1-10-12(3-2-6-22-10)17(21)19-16-13(8-18-20-16)11-4-5-14-15(7-11)24-9-23-14/h4-5,7-8,10,12H,2-3,6,9H2,1H3,(H2,18,19,20,21). The third-order valence-corrected chi connectivity index (χ3v) is 4.51. The molecule has 1 fully saturated rings. The first kappa shape index (κ1) is 15.0. The summed E-state index contributed by atoms with van der Waals surface area (Å²) in [5.74, 6) is 1.80. The summed E-state index contributed by atoms with van der Waals surface area (Å²) in [6.07, 6.45) is 3.35. The topological polar surface area (TPSA) is 85.5 Å². The normalized spacial score (nSPS) is 22.4. The van der Waals surface area contributed by atoms with Crippen LogP contribution in [0.25, 0.3) is 11.1 Å². The minimum atomic E-state index is -0.147. The van der Waals surface area contributed by atoms with Crippen LogP contribution in [0.5, 0.6) is 11.5 Å². The van der Waals surface area contributed by atoms with E-state index in [4.69, 9.17) is 14.2 Å². The Morgan fingerprint density at radius 3 is 3.08 bits per heavy atom. The van der Waals surface area contributed by atoms with Crippen LogP contribution in [-0.4, -0.2) is 35.6 Å². The molecule has 24 heavy (non-hydrogen) atoms. The van der Waals surface area contributed by atoms with Gasteiger partial charge in [-0.3, -0.25) is 9.89 Å². The van der Waals surface area contributed by atoms with E-state index < -0.39 is 0 Å². The van der Waals surface area contributed by atoms with Crippen LogP contribution in [0.3, 0.4) is 0 Å². The molecule has 0 bridgehead atoms.